The summed E-state index contributed by atoms with van der Waals surface area (Å²) < 4.78 is 11.0. The Hall–Kier alpha value is -1.52. The van der Waals surface area contributed by atoms with E-state index in [1.54, 1.807) is 7.11 Å². The van der Waals surface area contributed by atoms with E-state index in [1.807, 2.05) is 24.3 Å². The maximum Gasteiger partial charge on any atom is 0.123 e. The van der Waals surface area contributed by atoms with Gasteiger partial charge in [0, 0.05) is 12.0 Å². The number of rotatable bonds is 10. The number of nitrogens with two attached hydrogens (primary N) is 1. The van der Waals surface area contributed by atoms with Gasteiger partial charge in [-0.1, -0.05) is 6.08 Å². The average molecular weight is 266 g/mol. The highest BCUT2D eigenvalue weighted by molar-refractivity contribution is 5.41. The molecule has 1 rings (SSSR count). The summed E-state index contributed by atoms with van der Waals surface area (Å²) >= 11 is 0. The summed E-state index contributed by atoms with van der Waals surface area (Å²) in [5.41, 5.74) is 1.09. The summed E-state index contributed by atoms with van der Waals surface area (Å²) in [6, 6.07) is 5.82. The molecule has 0 saturated heterocycles. The largest absolute Gasteiger partial charge is 0.497 e. The smallest absolute Gasteiger partial charge is 0.123 e. The molecule has 0 unspecified atom stereocenters. The van der Waals surface area contributed by atoms with Crippen molar-refractivity contribution in [1.29, 1.82) is 0 Å². The average Bonchev–Trinajstić information content (AvgIpc) is 2.44. The molecule has 0 fully saturated rings. The fourth-order valence-corrected chi connectivity index (χ4v) is 1.78. The summed E-state index contributed by atoms with van der Waals surface area (Å²) in [6.45, 7) is 6.38. The van der Waals surface area contributed by atoms with Crippen LogP contribution in [0.15, 0.2) is 30.9 Å². The number of aliphatic hydroxyl groups excluding tert-OH is 1. The predicted molar refractivity (Wildman–Crippen MR) is 75.8 cm³/mol. The van der Waals surface area contributed by atoms with E-state index in [0.29, 0.717) is 6.61 Å². The topological polar surface area (TPSA) is 55.3 Å². The fourth-order valence-electron chi connectivity index (χ4n) is 1.78. The first kappa shape index (κ1) is 15.5. The van der Waals surface area contributed by atoms with E-state index >= 15 is 0 Å². The maximum atomic E-state index is 8.66. The highest BCUT2D eigenvalue weighted by Crippen LogP contribution is 2.24. The molecule has 19 heavy (non-hydrogen) atoms. The van der Waals surface area contributed by atoms with E-state index in [4.69, 9.17) is 14.6 Å². The Bertz CT molecular complexity index is 380. The van der Waals surface area contributed by atoms with Crippen molar-refractivity contribution in [3.63, 3.8) is 0 Å². The standard InChI is InChI=1S/C15H23NO3/c1-3-5-13-12-14(18-2)6-7-15(13)19-11-4-8-16-9-10-17/h3,6-7,12,16-17H,1,4-5,8-11H2,2H3/p+1. The van der Waals surface area contributed by atoms with Crippen LogP contribution in [0.1, 0.15) is 12.0 Å². The molecule has 0 spiro atoms. The normalized spacial score (nSPS) is 10.2. The molecule has 0 amide bonds. The van der Waals surface area contributed by atoms with Gasteiger partial charge in [-0.15, -0.1) is 6.58 Å². The third-order valence-electron chi connectivity index (χ3n) is 2.78. The minimum absolute atomic E-state index is 0.225. The zero-order valence-corrected chi connectivity index (χ0v) is 11.6. The van der Waals surface area contributed by atoms with E-state index in [2.05, 4.69) is 11.9 Å². The molecule has 0 aromatic heterocycles. The van der Waals surface area contributed by atoms with Crippen LogP contribution in [0.25, 0.3) is 0 Å². The van der Waals surface area contributed by atoms with Gasteiger partial charge in [-0.05, 0) is 24.6 Å². The molecule has 1 aromatic rings. The lowest BCUT2D eigenvalue weighted by Crippen LogP contribution is -2.85. The van der Waals surface area contributed by atoms with Crippen LogP contribution in [-0.2, 0) is 6.42 Å². The van der Waals surface area contributed by atoms with Crippen molar-refractivity contribution < 1.29 is 19.9 Å². The zero-order chi connectivity index (χ0) is 13.9. The highest BCUT2D eigenvalue weighted by atomic mass is 16.5. The second kappa shape index (κ2) is 9.42. The van der Waals surface area contributed by atoms with Crippen LogP contribution in [-0.4, -0.2) is 38.5 Å². The summed E-state index contributed by atoms with van der Waals surface area (Å²) in [4.78, 5) is 0. The Morgan fingerprint density at radius 1 is 1.37 bits per heavy atom. The first-order valence-corrected chi connectivity index (χ1v) is 6.65. The van der Waals surface area contributed by atoms with Gasteiger partial charge in [-0.25, -0.2) is 0 Å². The van der Waals surface area contributed by atoms with Crippen LogP contribution in [0, 0.1) is 0 Å². The van der Waals surface area contributed by atoms with E-state index in [-0.39, 0.29) is 6.61 Å². The van der Waals surface area contributed by atoms with Gasteiger partial charge in [0.2, 0.25) is 0 Å². The number of benzene rings is 1. The molecule has 4 nitrogen and oxygen atoms in total. The van der Waals surface area contributed by atoms with Crippen LogP contribution in [0.4, 0.5) is 0 Å². The predicted octanol–water partition coefficient (Wildman–Crippen LogP) is 0.748. The van der Waals surface area contributed by atoms with Gasteiger partial charge in [0.1, 0.15) is 11.5 Å². The molecule has 1 aromatic carbocycles. The lowest BCUT2D eigenvalue weighted by Gasteiger charge is -2.11. The molecular formula is C15H24NO3+. The first-order valence-electron chi connectivity index (χ1n) is 6.65. The SMILES string of the molecule is C=CCc1cc(OC)ccc1OCCC[NH2+]CCO. The number of allylic oxidation sites excluding steroid dienone is 1. The number of aliphatic hydroxyl groups is 1. The van der Waals surface area contributed by atoms with Gasteiger partial charge < -0.3 is 19.9 Å². The van der Waals surface area contributed by atoms with Gasteiger partial charge in [0.05, 0.1) is 33.4 Å². The lowest BCUT2D eigenvalue weighted by molar-refractivity contribution is -0.656. The van der Waals surface area contributed by atoms with E-state index in [0.717, 1.165) is 43.0 Å². The molecule has 0 aliphatic heterocycles. The molecule has 0 radical (unpaired) electrons. The van der Waals surface area contributed by atoms with Crippen LogP contribution < -0.4 is 14.8 Å². The monoisotopic (exact) mass is 266 g/mol. The Kier molecular flexibility index (Phi) is 7.70. The van der Waals surface area contributed by atoms with Crippen LogP contribution in [0.5, 0.6) is 11.5 Å². The summed E-state index contributed by atoms with van der Waals surface area (Å²) in [7, 11) is 1.66. The molecule has 3 N–H and O–H groups in total. The second-order valence-corrected chi connectivity index (χ2v) is 4.26. The Labute approximate surface area is 115 Å². The van der Waals surface area contributed by atoms with Gasteiger partial charge in [-0.3, -0.25) is 0 Å². The molecule has 0 atom stereocenters. The molecule has 0 heterocycles. The fraction of sp³-hybridized carbons (Fsp3) is 0.467. The molecular weight excluding hydrogens is 242 g/mol. The van der Waals surface area contributed by atoms with Gasteiger partial charge in [0.25, 0.3) is 0 Å². The summed E-state index contributed by atoms with van der Waals surface area (Å²) in [6.07, 6.45) is 3.58. The van der Waals surface area contributed by atoms with Gasteiger partial charge in [0.15, 0.2) is 0 Å². The van der Waals surface area contributed by atoms with E-state index in [1.165, 1.54) is 0 Å². The molecule has 0 bridgehead atoms. The molecule has 106 valence electrons. The van der Waals surface area contributed by atoms with Crippen LogP contribution in [0.2, 0.25) is 0 Å². The highest BCUT2D eigenvalue weighted by Gasteiger charge is 2.04. The maximum absolute atomic E-state index is 8.66. The number of hydrogen-bond acceptors (Lipinski definition) is 3. The first-order chi connectivity index (χ1) is 9.31. The summed E-state index contributed by atoms with van der Waals surface area (Å²) in [5.74, 6) is 1.73. The Balaban J connectivity index is 2.45. The van der Waals surface area contributed by atoms with Crippen molar-refractivity contribution in [1.82, 2.24) is 0 Å². The number of ether oxygens (including phenoxy) is 2. The van der Waals surface area contributed by atoms with Crippen LogP contribution >= 0.6 is 0 Å². The zero-order valence-electron chi connectivity index (χ0n) is 11.6. The van der Waals surface area contributed by atoms with Crippen molar-refractivity contribution in [2.45, 2.75) is 12.8 Å². The van der Waals surface area contributed by atoms with E-state index < -0.39 is 0 Å². The van der Waals surface area contributed by atoms with Crippen molar-refractivity contribution in [2.24, 2.45) is 0 Å². The molecule has 4 heteroatoms. The summed E-state index contributed by atoms with van der Waals surface area (Å²) in [5, 5.41) is 10.7. The third kappa shape index (κ3) is 5.77. The van der Waals surface area contributed by atoms with Crippen molar-refractivity contribution in [2.75, 3.05) is 33.4 Å². The van der Waals surface area contributed by atoms with Crippen LogP contribution in [0.3, 0.4) is 0 Å². The van der Waals surface area contributed by atoms with Crippen molar-refractivity contribution in [3.8, 4) is 11.5 Å². The van der Waals surface area contributed by atoms with Gasteiger partial charge >= 0.3 is 0 Å². The molecule has 0 saturated carbocycles. The van der Waals surface area contributed by atoms with Crippen molar-refractivity contribution in [3.05, 3.63) is 36.4 Å². The number of methoxy groups -OCH3 is 1. The lowest BCUT2D eigenvalue weighted by atomic mass is 10.1. The quantitative estimate of drug-likeness (QED) is 0.485. The van der Waals surface area contributed by atoms with E-state index in [9.17, 15) is 0 Å². The molecule has 0 aliphatic carbocycles. The number of hydrogen-bond donors (Lipinski definition) is 2. The minimum atomic E-state index is 0.225. The Morgan fingerprint density at radius 3 is 2.89 bits per heavy atom. The van der Waals surface area contributed by atoms with Crippen molar-refractivity contribution >= 4 is 0 Å². The minimum Gasteiger partial charge on any atom is -0.497 e. The molecule has 0 aliphatic rings. The van der Waals surface area contributed by atoms with Gasteiger partial charge in [-0.2, -0.15) is 0 Å². The second-order valence-electron chi connectivity index (χ2n) is 4.26. The third-order valence-corrected chi connectivity index (χ3v) is 2.78. The number of quaternary nitrogens is 1. The Morgan fingerprint density at radius 2 is 2.21 bits per heavy atom.